The van der Waals surface area contributed by atoms with Gasteiger partial charge in [-0.1, -0.05) is 56.4 Å². The fourth-order valence-corrected chi connectivity index (χ4v) is 2.18. The van der Waals surface area contributed by atoms with Crippen LogP contribution in [0.25, 0.3) is 0 Å². The molecular weight excluding hydrogens is 280 g/mol. The van der Waals surface area contributed by atoms with Gasteiger partial charge in [-0.05, 0) is 32.1 Å². The summed E-state index contributed by atoms with van der Waals surface area (Å²) in [5, 5.41) is 26.7. The van der Waals surface area contributed by atoms with Gasteiger partial charge < -0.3 is 15.3 Å². The van der Waals surface area contributed by atoms with E-state index in [0.717, 1.165) is 19.3 Å². The Morgan fingerprint density at radius 2 is 1.55 bits per heavy atom. The quantitative estimate of drug-likeness (QED) is 0.317. The van der Waals surface area contributed by atoms with Crippen LogP contribution in [0.2, 0.25) is 0 Å². The molecule has 4 nitrogen and oxygen atoms in total. The van der Waals surface area contributed by atoms with Crippen LogP contribution in [0, 0.1) is 0 Å². The second-order valence-electron chi connectivity index (χ2n) is 5.65. The second kappa shape index (κ2) is 16.2. The molecule has 0 aromatic carbocycles. The number of carbonyl (C=O) groups is 1. The van der Waals surface area contributed by atoms with Crippen LogP contribution in [0.5, 0.6) is 0 Å². The van der Waals surface area contributed by atoms with E-state index in [1.807, 2.05) is 12.2 Å². The van der Waals surface area contributed by atoms with Gasteiger partial charge in [-0.2, -0.15) is 0 Å². The molecule has 0 saturated heterocycles. The summed E-state index contributed by atoms with van der Waals surface area (Å²) in [6.07, 6.45) is 17.4. The summed E-state index contributed by atoms with van der Waals surface area (Å²) in [4.78, 5) is 10.3. The number of rotatable bonds is 15. The van der Waals surface area contributed by atoms with E-state index in [4.69, 9.17) is 10.2 Å². The average Bonchev–Trinajstić information content (AvgIpc) is 2.48. The Kier molecular flexibility index (Phi) is 15.4. The molecule has 0 saturated carbocycles. The van der Waals surface area contributed by atoms with E-state index in [-0.39, 0.29) is 6.42 Å². The number of aliphatic hydroxyl groups excluding tert-OH is 2. The van der Waals surface area contributed by atoms with E-state index in [1.54, 1.807) is 6.08 Å². The minimum Gasteiger partial charge on any atom is -0.481 e. The highest BCUT2D eigenvalue weighted by Gasteiger charge is 2.01. The first-order valence-electron chi connectivity index (χ1n) is 8.51. The molecule has 0 rings (SSSR count). The highest BCUT2D eigenvalue weighted by Crippen LogP contribution is 2.08. The third kappa shape index (κ3) is 16.9. The van der Waals surface area contributed by atoms with Crippen molar-refractivity contribution in [2.24, 2.45) is 0 Å². The molecule has 0 fully saturated rings. The minimum atomic E-state index is -0.815. The summed E-state index contributed by atoms with van der Waals surface area (Å²) in [6.45, 7) is 0.312. The molecule has 0 aromatic rings. The maximum atomic E-state index is 10.3. The Bertz CT molecular complexity index is 310. The van der Waals surface area contributed by atoms with Crippen molar-refractivity contribution in [2.45, 2.75) is 76.7 Å². The van der Waals surface area contributed by atoms with Crippen molar-refractivity contribution in [3.8, 4) is 0 Å². The molecule has 0 spiro atoms. The number of hydrogen-bond acceptors (Lipinski definition) is 3. The lowest BCUT2D eigenvalue weighted by Crippen LogP contribution is -2.03. The summed E-state index contributed by atoms with van der Waals surface area (Å²) >= 11 is 0. The number of allylic oxidation sites excluding steroid dienone is 3. The highest BCUT2D eigenvalue weighted by atomic mass is 16.4. The molecule has 0 heterocycles. The second-order valence-corrected chi connectivity index (χ2v) is 5.65. The lowest BCUT2D eigenvalue weighted by molar-refractivity contribution is -0.137. The summed E-state index contributed by atoms with van der Waals surface area (Å²) in [5.41, 5.74) is 0. The normalized spacial score (nSPS) is 13.2. The zero-order valence-electron chi connectivity index (χ0n) is 13.6. The number of carboxylic acids is 1. The standard InChI is InChI=1S/C18H32O4/c19-16-11-9-7-5-3-1-2-4-6-8-10-13-17(20)14-12-15-18(21)22/h6,8,10,13,17,19-20H,1-5,7,9,11-12,14-16H2,(H,21,22)/t17-/m1/s1. The van der Waals surface area contributed by atoms with Crippen LogP contribution >= 0.6 is 0 Å². The molecule has 128 valence electrons. The Labute approximate surface area is 134 Å². The van der Waals surface area contributed by atoms with Gasteiger partial charge in [0.25, 0.3) is 0 Å². The maximum Gasteiger partial charge on any atom is 0.303 e. The summed E-state index contributed by atoms with van der Waals surface area (Å²) in [6, 6.07) is 0. The van der Waals surface area contributed by atoms with Crippen LogP contribution in [-0.4, -0.2) is 34.0 Å². The van der Waals surface area contributed by atoms with Crippen LogP contribution in [0.4, 0.5) is 0 Å². The van der Waals surface area contributed by atoms with Crippen molar-refractivity contribution in [3.05, 3.63) is 24.3 Å². The first-order valence-corrected chi connectivity index (χ1v) is 8.51. The summed E-state index contributed by atoms with van der Waals surface area (Å²) in [5.74, 6) is -0.815. The van der Waals surface area contributed by atoms with Gasteiger partial charge >= 0.3 is 5.97 Å². The molecule has 22 heavy (non-hydrogen) atoms. The van der Waals surface area contributed by atoms with Crippen molar-refractivity contribution in [1.29, 1.82) is 0 Å². The third-order valence-corrected chi connectivity index (χ3v) is 3.50. The van der Waals surface area contributed by atoms with Crippen LogP contribution < -0.4 is 0 Å². The molecule has 3 N–H and O–H groups in total. The largest absolute Gasteiger partial charge is 0.481 e. The molecule has 0 amide bonds. The molecule has 0 aromatic heterocycles. The van der Waals surface area contributed by atoms with E-state index in [0.29, 0.717) is 19.4 Å². The SMILES string of the molecule is O=C(O)CCC[C@H](O)C=CC=CCCCCCCCCCO. The number of aliphatic hydroxyl groups is 2. The molecular formula is C18H32O4. The van der Waals surface area contributed by atoms with Gasteiger partial charge in [-0.15, -0.1) is 0 Å². The van der Waals surface area contributed by atoms with E-state index in [2.05, 4.69) is 6.08 Å². The number of carboxylic acid groups (broad SMARTS) is 1. The van der Waals surface area contributed by atoms with Crippen LogP contribution in [0.1, 0.15) is 70.6 Å². The van der Waals surface area contributed by atoms with Gasteiger partial charge in [0.1, 0.15) is 0 Å². The van der Waals surface area contributed by atoms with E-state index in [9.17, 15) is 9.90 Å². The zero-order chi connectivity index (χ0) is 16.5. The van der Waals surface area contributed by atoms with Crippen molar-refractivity contribution in [2.75, 3.05) is 6.61 Å². The van der Waals surface area contributed by atoms with Crippen LogP contribution in [0.3, 0.4) is 0 Å². The summed E-state index contributed by atoms with van der Waals surface area (Å²) < 4.78 is 0. The first-order chi connectivity index (χ1) is 10.7. The smallest absolute Gasteiger partial charge is 0.303 e. The van der Waals surface area contributed by atoms with Crippen molar-refractivity contribution < 1.29 is 20.1 Å². The number of unbranched alkanes of at least 4 members (excludes halogenated alkanes) is 7. The molecule has 0 radical (unpaired) electrons. The lowest BCUT2D eigenvalue weighted by Gasteiger charge is -2.02. The third-order valence-electron chi connectivity index (χ3n) is 3.50. The predicted octanol–water partition coefficient (Wildman–Crippen LogP) is 3.83. The molecule has 0 aliphatic carbocycles. The van der Waals surface area contributed by atoms with Gasteiger partial charge in [0, 0.05) is 13.0 Å². The minimum absolute atomic E-state index is 0.112. The van der Waals surface area contributed by atoms with Gasteiger partial charge in [0.2, 0.25) is 0 Å². The van der Waals surface area contributed by atoms with Gasteiger partial charge in [0.05, 0.1) is 6.10 Å². The molecule has 0 unspecified atom stereocenters. The van der Waals surface area contributed by atoms with Gasteiger partial charge in [-0.25, -0.2) is 0 Å². The van der Waals surface area contributed by atoms with Crippen molar-refractivity contribution >= 4 is 5.97 Å². The predicted molar refractivity (Wildman–Crippen MR) is 89.8 cm³/mol. The number of aliphatic carboxylic acids is 1. The van der Waals surface area contributed by atoms with E-state index >= 15 is 0 Å². The molecule has 0 aliphatic rings. The summed E-state index contributed by atoms with van der Waals surface area (Å²) in [7, 11) is 0. The van der Waals surface area contributed by atoms with Crippen molar-refractivity contribution in [3.63, 3.8) is 0 Å². The molecule has 4 heteroatoms. The highest BCUT2D eigenvalue weighted by molar-refractivity contribution is 5.66. The Morgan fingerprint density at radius 1 is 0.909 bits per heavy atom. The van der Waals surface area contributed by atoms with Gasteiger partial charge in [0.15, 0.2) is 0 Å². The maximum absolute atomic E-state index is 10.3. The fourth-order valence-electron chi connectivity index (χ4n) is 2.18. The lowest BCUT2D eigenvalue weighted by atomic mass is 10.1. The van der Waals surface area contributed by atoms with E-state index < -0.39 is 12.1 Å². The van der Waals surface area contributed by atoms with E-state index in [1.165, 1.54) is 32.1 Å². The Morgan fingerprint density at radius 3 is 2.18 bits per heavy atom. The average molecular weight is 312 g/mol. The number of hydrogen-bond donors (Lipinski definition) is 3. The van der Waals surface area contributed by atoms with Crippen LogP contribution in [-0.2, 0) is 4.79 Å². The molecule has 0 aliphatic heterocycles. The topological polar surface area (TPSA) is 77.8 Å². The monoisotopic (exact) mass is 312 g/mol. The van der Waals surface area contributed by atoms with Crippen LogP contribution in [0.15, 0.2) is 24.3 Å². The van der Waals surface area contributed by atoms with Crippen molar-refractivity contribution in [1.82, 2.24) is 0 Å². The van der Waals surface area contributed by atoms with Gasteiger partial charge in [-0.3, -0.25) is 4.79 Å². The zero-order valence-corrected chi connectivity index (χ0v) is 13.6. The Balaban J connectivity index is 3.38. The fraction of sp³-hybridized carbons (Fsp3) is 0.722. The Hall–Kier alpha value is -1.13. The first kappa shape index (κ1) is 20.9. The molecule has 1 atom stereocenters. The molecule has 0 bridgehead atoms.